The monoisotopic (exact) mass is 350 g/mol. The minimum atomic E-state index is -0.302. The predicted octanol–water partition coefficient (Wildman–Crippen LogP) is 3.62. The Balaban J connectivity index is 2.98. The van der Waals surface area contributed by atoms with Gasteiger partial charge in [-0.1, -0.05) is 32.9 Å². The van der Waals surface area contributed by atoms with Gasteiger partial charge in [-0.25, -0.2) is 5.06 Å². The van der Waals surface area contributed by atoms with Gasteiger partial charge in [0.2, 0.25) is 5.91 Å². The lowest BCUT2D eigenvalue weighted by Gasteiger charge is -2.32. The van der Waals surface area contributed by atoms with Crippen molar-refractivity contribution >= 4 is 11.8 Å². The molecule has 1 unspecified atom stereocenters. The topological polar surface area (TPSA) is 58.6 Å². The summed E-state index contributed by atoms with van der Waals surface area (Å²) in [5.41, 5.74) is 1.43. The number of allylic oxidation sites excluding steroid dienone is 2. The Morgan fingerprint density at radius 3 is 2.32 bits per heavy atom. The Morgan fingerprint density at radius 2 is 1.84 bits per heavy atom. The third kappa shape index (κ3) is 6.65. The maximum atomic E-state index is 12.8. The Labute approximate surface area is 152 Å². The maximum Gasteiger partial charge on any atom is 0.251 e. The van der Waals surface area contributed by atoms with Crippen LogP contribution in [0.5, 0.6) is 0 Å². The lowest BCUT2D eigenvalue weighted by Crippen LogP contribution is -2.42. The van der Waals surface area contributed by atoms with E-state index in [1.165, 1.54) is 12.2 Å². The van der Waals surface area contributed by atoms with E-state index >= 15 is 0 Å². The molecular formula is C20H34N2O3. The molecule has 0 saturated carbocycles. The van der Waals surface area contributed by atoms with E-state index in [0.29, 0.717) is 24.3 Å². The first-order chi connectivity index (χ1) is 11.3. The van der Waals surface area contributed by atoms with Crippen LogP contribution in [0.1, 0.15) is 60.8 Å². The zero-order valence-corrected chi connectivity index (χ0v) is 17.0. The van der Waals surface area contributed by atoms with E-state index in [1.807, 2.05) is 20.8 Å². The highest BCUT2D eigenvalue weighted by Gasteiger charge is 2.29. The number of hydrogen-bond donors (Lipinski definition) is 1. The smallest absolute Gasteiger partial charge is 0.251 e. The second kappa shape index (κ2) is 8.17. The summed E-state index contributed by atoms with van der Waals surface area (Å²) in [6, 6.07) is 0. The van der Waals surface area contributed by atoms with E-state index < -0.39 is 0 Å². The van der Waals surface area contributed by atoms with Crippen LogP contribution in [0, 0.1) is 11.3 Å². The van der Waals surface area contributed by atoms with E-state index in [-0.39, 0.29) is 22.8 Å². The van der Waals surface area contributed by atoms with Gasteiger partial charge < -0.3 is 5.32 Å². The summed E-state index contributed by atoms with van der Waals surface area (Å²) in [7, 11) is 3.06. The van der Waals surface area contributed by atoms with Crippen molar-refractivity contribution in [3.8, 4) is 0 Å². The highest BCUT2D eigenvalue weighted by atomic mass is 16.7. The van der Waals surface area contributed by atoms with Gasteiger partial charge in [-0.15, -0.1) is 0 Å². The molecule has 0 aliphatic heterocycles. The van der Waals surface area contributed by atoms with Crippen LogP contribution >= 0.6 is 0 Å². The first kappa shape index (κ1) is 21.4. The quantitative estimate of drug-likeness (QED) is 0.771. The lowest BCUT2D eigenvalue weighted by atomic mass is 9.74. The van der Waals surface area contributed by atoms with E-state index in [1.54, 1.807) is 7.05 Å². The summed E-state index contributed by atoms with van der Waals surface area (Å²) in [6.07, 6.45) is 5.94. The van der Waals surface area contributed by atoms with Crippen LogP contribution in [0.4, 0.5) is 0 Å². The molecule has 2 amide bonds. The van der Waals surface area contributed by atoms with Crippen LogP contribution in [-0.4, -0.2) is 36.6 Å². The average Bonchev–Trinajstić information content (AvgIpc) is 2.48. The van der Waals surface area contributed by atoms with Crippen LogP contribution in [0.25, 0.3) is 0 Å². The molecule has 1 N–H and O–H groups in total. The summed E-state index contributed by atoms with van der Waals surface area (Å²) in [6.45, 7) is 12.5. The van der Waals surface area contributed by atoms with Crippen molar-refractivity contribution in [2.45, 2.75) is 66.3 Å². The SMILES string of the molecule is CON(C)C(=O)CCC1=CCC(C(C)(C)C)C=C1C(=O)NC(C)(C)C. The molecule has 0 aromatic heterocycles. The molecule has 5 heteroatoms. The molecular weight excluding hydrogens is 316 g/mol. The van der Waals surface area contributed by atoms with Gasteiger partial charge in [-0.2, -0.15) is 0 Å². The van der Waals surface area contributed by atoms with Crippen LogP contribution in [0.2, 0.25) is 0 Å². The molecule has 0 saturated heterocycles. The zero-order valence-electron chi connectivity index (χ0n) is 17.0. The summed E-state index contributed by atoms with van der Waals surface area (Å²) in [4.78, 5) is 29.7. The van der Waals surface area contributed by atoms with Gasteiger partial charge >= 0.3 is 0 Å². The van der Waals surface area contributed by atoms with Crippen LogP contribution in [0.3, 0.4) is 0 Å². The summed E-state index contributed by atoms with van der Waals surface area (Å²) in [5, 5.41) is 4.27. The molecule has 0 spiro atoms. The first-order valence-electron chi connectivity index (χ1n) is 8.89. The summed E-state index contributed by atoms with van der Waals surface area (Å²) >= 11 is 0. The average molecular weight is 351 g/mol. The largest absolute Gasteiger partial charge is 0.347 e. The molecule has 142 valence electrons. The van der Waals surface area contributed by atoms with Crippen LogP contribution < -0.4 is 5.32 Å². The molecule has 1 aliphatic carbocycles. The number of hydrogen-bond acceptors (Lipinski definition) is 3. The first-order valence-corrected chi connectivity index (χ1v) is 8.89. The standard InChI is InChI=1S/C20H34N2O3/c1-19(2,3)15-11-9-14(10-12-17(23)22(7)25-8)16(13-15)18(24)21-20(4,5)6/h9,13,15H,10-12H2,1-8H3,(H,21,24). The van der Waals surface area contributed by atoms with Gasteiger partial charge in [0.1, 0.15) is 0 Å². The van der Waals surface area contributed by atoms with E-state index in [9.17, 15) is 9.59 Å². The fourth-order valence-electron chi connectivity index (χ4n) is 2.73. The van der Waals surface area contributed by atoms with Crippen molar-refractivity contribution < 1.29 is 14.4 Å². The van der Waals surface area contributed by atoms with Crippen molar-refractivity contribution in [3.63, 3.8) is 0 Å². The van der Waals surface area contributed by atoms with E-state index in [0.717, 1.165) is 12.0 Å². The third-order valence-electron chi connectivity index (χ3n) is 4.41. The number of amides is 2. The highest BCUT2D eigenvalue weighted by molar-refractivity contribution is 5.98. The molecule has 5 nitrogen and oxygen atoms in total. The predicted molar refractivity (Wildman–Crippen MR) is 101 cm³/mol. The minimum absolute atomic E-state index is 0.0692. The lowest BCUT2D eigenvalue weighted by molar-refractivity contribution is -0.168. The Hall–Kier alpha value is -1.62. The second-order valence-electron chi connectivity index (χ2n) is 8.80. The molecule has 25 heavy (non-hydrogen) atoms. The Morgan fingerprint density at radius 1 is 1.24 bits per heavy atom. The number of nitrogens with one attached hydrogen (secondary N) is 1. The fourth-order valence-corrected chi connectivity index (χ4v) is 2.73. The number of carbonyl (C=O) groups is 2. The van der Waals surface area contributed by atoms with Gasteiger partial charge in [0.05, 0.1) is 7.11 Å². The fraction of sp³-hybridized carbons (Fsp3) is 0.700. The highest BCUT2D eigenvalue weighted by Crippen LogP contribution is 2.37. The molecule has 0 fully saturated rings. The number of rotatable bonds is 5. The zero-order chi connectivity index (χ0) is 19.4. The van der Waals surface area contributed by atoms with Gasteiger partial charge in [0, 0.05) is 24.6 Å². The summed E-state index contributed by atoms with van der Waals surface area (Å²) in [5.74, 6) is 0.131. The summed E-state index contributed by atoms with van der Waals surface area (Å²) < 4.78 is 0. The Bertz CT molecular complexity index is 562. The minimum Gasteiger partial charge on any atom is -0.347 e. The van der Waals surface area contributed by atoms with Crippen LogP contribution in [-0.2, 0) is 14.4 Å². The van der Waals surface area contributed by atoms with Crippen molar-refractivity contribution in [2.75, 3.05) is 14.2 Å². The van der Waals surface area contributed by atoms with Crippen LogP contribution in [0.15, 0.2) is 23.3 Å². The third-order valence-corrected chi connectivity index (χ3v) is 4.41. The molecule has 1 atom stereocenters. The number of hydroxylamine groups is 2. The molecule has 0 heterocycles. The molecule has 0 bridgehead atoms. The molecule has 0 aromatic carbocycles. The maximum absolute atomic E-state index is 12.8. The second-order valence-corrected chi connectivity index (χ2v) is 8.80. The van der Waals surface area contributed by atoms with Gasteiger partial charge in [-0.3, -0.25) is 14.4 Å². The van der Waals surface area contributed by atoms with Gasteiger partial charge in [-0.05, 0) is 50.5 Å². The van der Waals surface area contributed by atoms with E-state index in [4.69, 9.17) is 4.84 Å². The van der Waals surface area contributed by atoms with Crippen molar-refractivity contribution in [1.82, 2.24) is 10.4 Å². The molecule has 0 aromatic rings. The molecule has 1 aliphatic rings. The number of nitrogens with zero attached hydrogens (tertiary/aromatic N) is 1. The molecule has 0 radical (unpaired) electrons. The van der Waals surface area contributed by atoms with Gasteiger partial charge in [0.15, 0.2) is 0 Å². The van der Waals surface area contributed by atoms with Crippen molar-refractivity contribution in [3.05, 3.63) is 23.3 Å². The number of carbonyl (C=O) groups excluding carboxylic acids is 2. The normalized spacial score (nSPS) is 18.3. The van der Waals surface area contributed by atoms with Gasteiger partial charge in [0.25, 0.3) is 5.91 Å². The van der Waals surface area contributed by atoms with Crippen molar-refractivity contribution in [1.29, 1.82) is 0 Å². The molecule has 1 rings (SSSR count). The van der Waals surface area contributed by atoms with Crippen molar-refractivity contribution in [2.24, 2.45) is 11.3 Å². The van der Waals surface area contributed by atoms with E-state index in [2.05, 4.69) is 38.2 Å². The Kier molecular flexibility index (Phi) is 7.00.